The lowest BCUT2D eigenvalue weighted by molar-refractivity contribution is 0.0807. The highest BCUT2D eigenvalue weighted by molar-refractivity contribution is 7.75. The van der Waals surface area contributed by atoms with Crippen LogP contribution in [0, 0.1) is 0 Å². The lowest BCUT2D eigenvalue weighted by Gasteiger charge is -1.94. The fourth-order valence-corrected chi connectivity index (χ4v) is 1.19. The summed E-state index contributed by atoms with van der Waals surface area (Å²) in [6.07, 6.45) is 0. The number of carbonyl (C=O) groups excluding carboxylic acids is 1. The Bertz CT molecular complexity index is 209. The molecule has 0 aliphatic rings. The van der Waals surface area contributed by atoms with Gasteiger partial charge < -0.3 is 0 Å². The lowest BCUT2D eigenvalue weighted by Crippen LogP contribution is -2.18. The molecular formula is C5H5NO2S2. The number of rotatable bonds is 2. The molecule has 0 aliphatic carbocycles. The van der Waals surface area contributed by atoms with Crippen LogP contribution < -0.4 is 5.48 Å². The summed E-state index contributed by atoms with van der Waals surface area (Å²) < 4.78 is 4.13. The van der Waals surface area contributed by atoms with Crippen LogP contribution in [0.5, 0.6) is 0 Å². The molecule has 0 saturated carbocycles. The highest BCUT2D eigenvalue weighted by Gasteiger charge is 2.03. The van der Waals surface area contributed by atoms with Gasteiger partial charge in [0.25, 0.3) is 5.91 Å². The first-order chi connectivity index (χ1) is 4.84. The topological polar surface area (TPSA) is 38.3 Å². The van der Waals surface area contributed by atoms with Crippen LogP contribution in [0.15, 0.2) is 17.5 Å². The summed E-state index contributed by atoms with van der Waals surface area (Å²) in [5.41, 5.74) is 2.08. The van der Waals surface area contributed by atoms with Crippen molar-refractivity contribution in [2.45, 2.75) is 0 Å². The van der Waals surface area contributed by atoms with Gasteiger partial charge in [0.1, 0.15) is 0 Å². The summed E-state index contributed by atoms with van der Waals surface area (Å²) >= 11 is 4.71. The van der Waals surface area contributed by atoms with Gasteiger partial charge in [-0.25, -0.2) is 9.76 Å². The van der Waals surface area contributed by atoms with Gasteiger partial charge in [-0.1, -0.05) is 6.07 Å². The minimum atomic E-state index is -0.273. The monoisotopic (exact) mass is 175 g/mol. The molecule has 0 fully saturated rings. The molecule has 0 unspecified atom stereocenters. The van der Waals surface area contributed by atoms with E-state index in [1.165, 1.54) is 11.3 Å². The molecule has 1 N–H and O–H groups in total. The van der Waals surface area contributed by atoms with Crippen molar-refractivity contribution in [3.63, 3.8) is 0 Å². The summed E-state index contributed by atoms with van der Waals surface area (Å²) in [6.45, 7) is 0. The molecule has 1 rings (SSSR count). The van der Waals surface area contributed by atoms with Gasteiger partial charge in [0.15, 0.2) is 0 Å². The van der Waals surface area contributed by atoms with Crippen molar-refractivity contribution in [1.82, 2.24) is 5.48 Å². The van der Waals surface area contributed by atoms with Crippen LogP contribution in [0.4, 0.5) is 0 Å². The van der Waals surface area contributed by atoms with Gasteiger partial charge >= 0.3 is 0 Å². The van der Waals surface area contributed by atoms with E-state index in [0.29, 0.717) is 4.88 Å². The standard InChI is InChI=1S/C5H5NO2S2/c7-5(6-8-9)4-2-1-3-10-4/h1-3,9H,(H,6,7). The van der Waals surface area contributed by atoms with Gasteiger partial charge in [-0.05, 0) is 11.4 Å². The Morgan fingerprint density at radius 3 is 3.10 bits per heavy atom. The molecule has 54 valence electrons. The first kappa shape index (κ1) is 7.59. The van der Waals surface area contributed by atoms with Crippen molar-refractivity contribution in [2.75, 3.05) is 0 Å². The quantitative estimate of drug-likeness (QED) is 0.403. The number of amides is 1. The van der Waals surface area contributed by atoms with Crippen molar-refractivity contribution in [3.8, 4) is 0 Å². The normalized spacial score (nSPS) is 9.30. The van der Waals surface area contributed by atoms with E-state index >= 15 is 0 Å². The maximum atomic E-state index is 10.8. The summed E-state index contributed by atoms with van der Waals surface area (Å²) in [6, 6.07) is 3.49. The van der Waals surface area contributed by atoms with E-state index in [1.807, 2.05) is 5.38 Å². The molecule has 0 aromatic carbocycles. The second-order valence-corrected chi connectivity index (χ2v) is 2.63. The molecule has 1 heterocycles. The molecule has 0 saturated heterocycles. The molecule has 0 bridgehead atoms. The molecule has 0 atom stereocenters. The van der Waals surface area contributed by atoms with Crippen molar-refractivity contribution in [3.05, 3.63) is 22.4 Å². The van der Waals surface area contributed by atoms with Crippen LogP contribution in [-0.4, -0.2) is 5.91 Å². The predicted octanol–water partition coefficient (Wildman–Crippen LogP) is 1.25. The zero-order valence-corrected chi connectivity index (χ0v) is 6.61. The van der Waals surface area contributed by atoms with Crippen molar-refractivity contribution in [1.29, 1.82) is 0 Å². The van der Waals surface area contributed by atoms with E-state index in [4.69, 9.17) is 0 Å². The number of nitrogens with one attached hydrogen (secondary N) is 1. The SMILES string of the molecule is O=C(NOS)c1cccs1. The molecular weight excluding hydrogens is 170 g/mol. The van der Waals surface area contributed by atoms with E-state index in [-0.39, 0.29) is 5.91 Å². The Morgan fingerprint density at radius 2 is 2.60 bits per heavy atom. The third kappa shape index (κ3) is 1.73. The average Bonchev–Trinajstić information content (AvgIpc) is 2.38. The Morgan fingerprint density at radius 1 is 1.80 bits per heavy atom. The maximum absolute atomic E-state index is 10.8. The fraction of sp³-hybridized carbons (Fsp3) is 0. The van der Waals surface area contributed by atoms with E-state index in [2.05, 4.69) is 22.7 Å². The molecule has 1 aromatic heterocycles. The summed E-state index contributed by atoms with van der Waals surface area (Å²) in [7, 11) is 0. The molecule has 0 spiro atoms. The largest absolute Gasteiger partial charge is 0.285 e. The fourth-order valence-electron chi connectivity index (χ4n) is 0.500. The smallest absolute Gasteiger partial charge is 0.266 e. The average molecular weight is 175 g/mol. The zero-order chi connectivity index (χ0) is 7.40. The molecule has 0 radical (unpaired) electrons. The first-order valence-electron chi connectivity index (χ1n) is 2.49. The summed E-state index contributed by atoms with van der Waals surface area (Å²) in [5.74, 6) is -0.273. The lowest BCUT2D eigenvalue weighted by atomic mass is 10.5. The Balaban J connectivity index is 2.59. The van der Waals surface area contributed by atoms with E-state index in [9.17, 15) is 4.79 Å². The second-order valence-electron chi connectivity index (χ2n) is 1.50. The predicted molar refractivity (Wildman–Crippen MR) is 41.9 cm³/mol. The van der Waals surface area contributed by atoms with Crippen molar-refractivity contribution >= 4 is 30.2 Å². The minimum Gasteiger partial charge on any atom is -0.266 e. The Hall–Kier alpha value is -0.520. The zero-order valence-electron chi connectivity index (χ0n) is 4.90. The van der Waals surface area contributed by atoms with Gasteiger partial charge in [0.05, 0.1) is 4.88 Å². The number of hydroxylamine groups is 1. The highest BCUT2D eigenvalue weighted by Crippen LogP contribution is 2.07. The number of hydrogen-bond acceptors (Lipinski definition) is 4. The van der Waals surface area contributed by atoms with Crippen LogP contribution in [0.3, 0.4) is 0 Å². The summed E-state index contributed by atoms with van der Waals surface area (Å²) in [5, 5.41) is 1.81. The number of thiol groups is 1. The number of thiophene rings is 1. The molecule has 3 nitrogen and oxygen atoms in total. The number of hydrogen-bond donors (Lipinski definition) is 2. The van der Waals surface area contributed by atoms with Gasteiger partial charge in [0.2, 0.25) is 0 Å². The van der Waals surface area contributed by atoms with Crippen molar-refractivity contribution in [2.24, 2.45) is 0 Å². The highest BCUT2D eigenvalue weighted by atomic mass is 32.1. The molecule has 10 heavy (non-hydrogen) atoms. The van der Waals surface area contributed by atoms with Crippen LogP contribution in [0.1, 0.15) is 9.67 Å². The third-order valence-corrected chi connectivity index (χ3v) is 1.84. The van der Waals surface area contributed by atoms with Gasteiger partial charge in [-0.15, -0.1) is 11.3 Å². The maximum Gasteiger partial charge on any atom is 0.285 e. The Kier molecular flexibility index (Phi) is 2.73. The summed E-state index contributed by atoms with van der Waals surface area (Å²) in [4.78, 5) is 11.4. The van der Waals surface area contributed by atoms with E-state index in [1.54, 1.807) is 12.1 Å². The molecule has 0 aliphatic heterocycles. The Labute approximate surface area is 67.6 Å². The van der Waals surface area contributed by atoms with Crippen molar-refractivity contribution < 1.29 is 9.08 Å². The van der Waals surface area contributed by atoms with Crippen LogP contribution in [0.2, 0.25) is 0 Å². The van der Waals surface area contributed by atoms with Gasteiger partial charge in [-0.2, -0.15) is 0 Å². The van der Waals surface area contributed by atoms with Gasteiger partial charge in [0, 0.05) is 12.9 Å². The molecule has 1 aromatic rings. The first-order valence-corrected chi connectivity index (χ1v) is 3.73. The molecule has 5 heteroatoms. The third-order valence-electron chi connectivity index (χ3n) is 0.883. The second kappa shape index (κ2) is 3.60. The van der Waals surface area contributed by atoms with E-state index in [0.717, 1.165) is 0 Å². The van der Waals surface area contributed by atoms with Crippen LogP contribution in [-0.2, 0) is 4.28 Å². The molecule has 1 amide bonds. The minimum absolute atomic E-state index is 0.273. The van der Waals surface area contributed by atoms with Crippen LogP contribution >= 0.6 is 24.2 Å². The van der Waals surface area contributed by atoms with E-state index < -0.39 is 0 Å². The van der Waals surface area contributed by atoms with Gasteiger partial charge in [-0.3, -0.25) is 4.79 Å². The number of carbonyl (C=O) groups is 1. The van der Waals surface area contributed by atoms with Crippen LogP contribution in [0.25, 0.3) is 0 Å².